The average molecular weight is 482 g/mol. The molecule has 2 aromatic carbocycles. The zero-order chi connectivity index (χ0) is 23.9. The lowest BCUT2D eigenvalue weighted by atomic mass is 10.0. The summed E-state index contributed by atoms with van der Waals surface area (Å²) < 4.78 is 40.8. The van der Waals surface area contributed by atoms with Crippen LogP contribution in [0.4, 0.5) is 4.39 Å². The van der Waals surface area contributed by atoms with Crippen molar-refractivity contribution in [2.75, 3.05) is 33.7 Å². The van der Waals surface area contributed by atoms with Crippen LogP contribution in [0.1, 0.15) is 31.0 Å². The third-order valence-electron chi connectivity index (χ3n) is 5.08. The number of likely N-dealkylation sites (N-methyl/N-ethyl adjacent to an activating group) is 1. The molecule has 0 bridgehead atoms. The largest absolute Gasteiger partial charge is 0.351 e. The van der Waals surface area contributed by atoms with Crippen LogP contribution in [0, 0.1) is 5.82 Å². The third kappa shape index (κ3) is 6.38. The highest BCUT2D eigenvalue weighted by molar-refractivity contribution is 7.89. The highest BCUT2D eigenvalue weighted by Gasteiger charge is 2.22. The van der Waals surface area contributed by atoms with Crippen LogP contribution in [-0.4, -0.2) is 57.3 Å². The van der Waals surface area contributed by atoms with Crippen molar-refractivity contribution in [2.45, 2.75) is 24.8 Å². The Bertz CT molecular complexity index is 1030. The van der Waals surface area contributed by atoms with Gasteiger partial charge in [-0.1, -0.05) is 43.6 Å². The summed E-state index contributed by atoms with van der Waals surface area (Å²) in [5.74, 6) is -0.787. The van der Waals surface area contributed by atoms with Gasteiger partial charge >= 0.3 is 0 Å². The molecule has 2 aromatic rings. The van der Waals surface area contributed by atoms with Crippen LogP contribution in [0.5, 0.6) is 0 Å². The first-order valence-corrected chi connectivity index (χ1v) is 12.1. The highest BCUT2D eigenvalue weighted by atomic mass is 35.5. The molecular formula is C23H29ClFN3O3S. The van der Waals surface area contributed by atoms with Crippen LogP contribution >= 0.6 is 11.6 Å². The van der Waals surface area contributed by atoms with Gasteiger partial charge in [-0.2, -0.15) is 4.31 Å². The van der Waals surface area contributed by atoms with Crippen molar-refractivity contribution >= 4 is 33.6 Å². The molecule has 1 unspecified atom stereocenters. The van der Waals surface area contributed by atoms with Gasteiger partial charge in [-0.3, -0.25) is 4.79 Å². The Kier molecular flexibility index (Phi) is 9.39. The van der Waals surface area contributed by atoms with Crippen molar-refractivity contribution in [3.63, 3.8) is 0 Å². The number of rotatable bonds is 10. The number of hydrogen-bond donors (Lipinski definition) is 1. The van der Waals surface area contributed by atoms with Crippen LogP contribution in [0.2, 0.25) is 5.02 Å². The normalized spacial score (nSPS) is 13.1. The van der Waals surface area contributed by atoms with Crippen LogP contribution in [0.25, 0.3) is 6.08 Å². The highest BCUT2D eigenvalue weighted by Crippen LogP contribution is 2.28. The molecule has 0 aliphatic rings. The Morgan fingerprint density at radius 1 is 1.12 bits per heavy atom. The first-order chi connectivity index (χ1) is 15.1. The maximum atomic E-state index is 14.3. The number of carbonyl (C=O) groups excluding carboxylic acids is 1. The maximum Gasteiger partial charge on any atom is 0.244 e. The van der Waals surface area contributed by atoms with E-state index < -0.39 is 21.9 Å². The van der Waals surface area contributed by atoms with E-state index in [1.54, 1.807) is 57.1 Å². The SMILES string of the molecule is CCN(CC)S(=O)(=O)c1ccc(/C=C/C(=O)NCC(c2c(F)cccc2Cl)N(C)C)cc1. The van der Waals surface area contributed by atoms with Crippen molar-refractivity contribution in [1.29, 1.82) is 0 Å². The Morgan fingerprint density at radius 3 is 2.28 bits per heavy atom. The molecule has 0 heterocycles. The zero-order valence-corrected chi connectivity index (χ0v) is 20.3. The number of nitrogens with one attached hydrogen (secondary N) is 1. The zero-order valence-electron chi connectivity index (χ0n) is 18.7. The van der Waals surface area contributed by atoms with Crippen molar-refractivity contribution < 1.29 is 17.6 Å². The lowest BCUT2D eigenvalue weighted by molar-refractivity contribution is -0.116. The average Bonchev–Trinajstić information content (AvgIpc) is 2.75. The van der Waals surface area contributed by atoms with E-state index in [2.05, 4.69) is 5.32 Å². The summed E-state index contributed by atoms with van der Waals surface area (Å²) in [7, 11) is 0.0369. The van der Waals surface area contributed by atoms with Gasteiger partial charge in [0.05, 0.1) is 10.9 Å². The molecule has 9 heteroatoms. The second-order valence-electron chi connectivity index (χ2n) is 7.35. The van der Waals surface area contributed by atoms with E-state index >= 15 is 0 Å². The van der Waals surface area contributed by atoms with E-state index in [0.29, 0.717) is 29.2 Å². The van der Waals surface area contributed by atoms with Gasteiger partial charge < -0.3 is 10.2 Å². The second-order valence-corrected chi connectivity index (χ2v) is 9.70. The lowest BCUT2D eigenvalue weighted by Crippen LogP contribution is -2.34. The van der Waals surface area contributed by atoms with E-state index in [1.165, 1.54) is 34.6 Å². The number of sulfonamides is 1. The van der Waals surface area contributed by atoms with Crippen LogP contribution in [-0.2, 0) is 14.8 Å². The van der Waals surface area contributed by atoms with Crippen molar-refractivity contribution in [3.8, 4) is 0 Å². The topological polar surface area (TPSA) is 69.7 Å². The monoisotopic (exact) mass is 481 g/mol. The number of hydrogen-bond acceptors (Lipinski definition) is 4. The molecule has 0 aliphatic heterocycles. The fourth-order valence-corrected chi connectivity index (χ4v) is 5.01. The summed E-state index contributed by atoms with van der Waals surface area (Å²) in [6.45, 7) is 4.53. The lowest BCUT2D eigenvalue weighted by Gasteiger charge is -2.26. The van der Waals surface area contributed by atoms with Gasteiger partial charge in [0.1, 0.15) is 5.82 Å². The first kappa shape index (κ1) is 26.0. The Hall–Kier alpha value is -2.26. The van der Waals surface area contributed by atoms with Crippen LogP contribution in [0.3, 0.4) is 0 Å². The van der Waals surface area contributed by atoms with Gasteiger partial charge in [-0.05, 0) is 50.0 Å². The Balaban J connectivity index is 2.06. The molecule has 0 fully saturated rings. The molecule has 1 amide bonds. The van der Waals surface area contributed by atoms with E-state index in [0.717, 1.165) is 0 Å². The van der Waals surface area contributed by atoms with E-state index in [1.807, 2.05) is 0 Å². The molecule has 1 N–H and O–H groups in total. The summed E-state index contributed by atoms with van der Waals surface area (Å²) in [4.78, 5) is 14.3. The second kappa shape index (κ2) is 11.6. The maximum absolute atomic E-state index is 14.3. The first-order valence-electron chi connectivity index (χ1n) is 10.3. The minimum Gasteiger partial charge on any atom is -0.351 e. The number of benzene rings is 2. The molecular weight excluding hydrogens is 453 g/mol. The predicted octanol–water partition coefficient (Wildman–Crippen LogP) is 3.94. The van der Waals surface area contributed by atoms with E-state index in [-0.39, 0.29) is 17.3 Å². The standard InChI is InChI=1S/C23H29ClFN3O3S/c1-5-28(6-2)32(30,31)18-13-10-17(11-14-18)12-15-22(29)26-16-21(27(3)4)23-19(24)8-7-9-20(23)25/h7-15,21H,5-6,16H2,1-4H3,(H,26,29)/b15-12+. The van der Waals surface area contributed by atoms with Gasteiger partial charge in [0.25, 0.3) is 0 Å². The van der Waals surface area contributed by atoms with Crippen LogP contribution < -0.4 is 5.32 Å². The molecule has 2 rings (SSSR count). The number of amides is 1. The fraction of sp³-hybridized carbons (Fsp3) is 0.348. The summed E-state index contributed by atoms with van der Waals surface area (Å²) in [6.07, 6.45) is 2.94. The van der Waals surface area contributed by atoms with E-state index in [9.17, 15) is 17.6 Å². The molecule has 0 radical (unpaired) electrons. The van der Waals surface area contributed by atoms with Crippen LogP contribution in [0.15, 0.2) is 53.4 Å². The number of halogens is 2. The molecule has 0 spiro atoms. The smallest absolute Gasteiger partial charge is 0.244 e. The molecule has 1 atom stereocenters. The van der Waals surface area contributed by atoms with Gasteiger partial charge in [0.15, 0.2) is 0 Å². The van der Waals surface area contributed by atoms with Crippen molar-refractivity contribution in [2.24, 2.45) is 0 Å². The molecule has 0 aliphatic carbocycles. The van der Waals surface area contributed by atoms with Gasteiger partial charge in [-0.25, -0.2) is 12.8 Å². The predicted molar refractivity (Wildman–Crippen MR) is 126 cm³/mol. The summed E-state index contributed by atoms with van der Waals surface area (Å²) in [5, 5.41) is 3.06. The number of carbonyl (C=O) groups is 1. The minimum absolute atomic E-state index is 0.165. The summed E-state index contributed by atoms with van der Waals surface area (Å²) >= 11 is 6.17. The molecule has 0 saturated heterocycles. The van der Waals surface area contributed by atoms with Gasteiger partial charge in [0, 0.05) is 36.3 Å². The van der Waals surface area contributed by atoms with E-state index in [4.69, 9.17) is 11.6 Å². The molecule has 0 aromatic heterocycles. The fourth-order valence-electron chi connectivity index (χ4n) is 3.26. The number of nitrogens with zero attached hydrogens (tertiary/aromatic N) is 2. The molecule has 174 valence electrons. The summed E-state index contributed by atoms with van der Waals surface area (Å²) in [6, 6.07) is 10.4. The Labute approximate surface area is 194 Å². The molecule has 0 saturated carbocycles. The molecule has 32 heavy (non-hydrogen) atoms. The quantitative estimate of drug-likeness (QED) is 0.522. The van der Waals surface area contributed by atoms with Crippen molar-refractivity contribution in [3.05, 3.63) is 70.5 Å². The van der Waals surface area contributed by atoms with Gasteiger partial charge in [0.2, 0.25) is 15.9 Å². The molecule has 6 nitrogen and oxygen atoms in total. The third-order valence-corrected chi connectivity index (χ3v) is 7.47. The summed E-state index contributed by atoms with van der Waals surface area (Å²) in [5.41, 5.74) is 1.01. The van der Waals surface area contributed by atoms with Crippen molar-refractivity contribution in [1.82, 2.24) is 14.5 Å². The van der Waals surface area contributed by atoms with Gasteiger partial charge in [-0.15, -0.1) is 0 Å². The minimum atomic E-state index is -3.53. The Morgan fingerprint density at radius 2 is 1.75 bits per heavy atom.